The van der Waals surface area contributed by atoms with E-state index in [1.807, 2.05) is 44.2 Å². The van der Waals surface area contributed by atoms with Crippen molar-refractivity contribution in [3.63, 3.8) is 0 Å². The Morgan fingerprint density at radius 3 is 2.29 bits per heavy atom. The molecule has 1 aromatic heterocycles. The fourth-order valence-electron chi connectivity index (χ4n) is 5.20. The Hall–Kier alpha value is -5.01. The summed E-state index contributed by atoms with van der Waals surface area (Å²) in [5.41, 5.74) is 0.837. The van der Waals surface area contributed by atoms with Gasteiger partial charge in [-0.1, -0.05) is 69.3 Å². The molecule has 0 bridgehead atoms. The number of amides is 5. The summed E-state index contributed by atoms with van der Waals surface area (Å²) in [5.74, 6) is -3.35. The lowest BCUT2D eigenvalue weighted by Gasteiger charge is -2.28. The van der Waals surface area contributed by atoms with Crippen molar-refractivity contribution >= 4 is 35.5 Å². The van der Waals surface area contributed by atoms with Gasteiger partial charge in [0.05, 0.1) is 0 Å². The van der Waals surface area contributed by atoms with E-state index in [1.54, 1.807) is 20.8 Å². The van der Waals surface area contributed by atoms with Crippen molar-refractivity contribution in [1.82, 2.24) is 31.7 Å². The van der Waals surface area contributed by atoms with Crippen LogP contribution in [0.1, 0.15) is 75.7 Å². The molecule has 2 heterocycles. The minimum atomic E-state index is -1.03. The van der Waals surface area contributed by atoms with E-state index in [1.165, 1.54) is 25.1 Å². The zero-order chi connectivity index (χ0) is 36.1. The number of hydrogen-bond donors (Lipinski definition) is 5. The number of hydrogen-bond acceptors (Lipinski definition) is 9. The van der Waals surface area contributed by atoms with Crippen LogP contribution in [0.2, 0.25) is 0 Å². The zero-order valence-electron chi connectivity index (χ0n) is 28.9. The minimum Gasteiger partial charge on any atom is -0.458 e. The highest BCUT2D eigenvalue weighted by molar-refractivity contribution is 5.97. The van der Waals surface area contributed by atoms with Crippen LogP contribution in [-0.4, -0.2) is 71.4 Å². The molecule has 2 aromatic rings. The lowest BCUT2D eigenvalue weighted by molar-refractivity contribution is -0.139. The molecule has 0 radical (unpaired) electrons. The first kappa shape index (κ1) is 38.4. The molecule has 14 nitrogen and oxygen atoms in total. The van der Waals surface area contributed by atoms with Crippen molar-refractivity contribution in [2.45, 2.75) is 91.6 Å². The smallest absolute Gasteiger partial charge is 0.330 e. The third-order valence-corrected chi connectivity index (χ3v) is 7.91. The third-order valence-electron chi connectivity index (χ3n) is 7.91. The standard InChI is InChI=1S/C35H48N6O8/c1-20(2)16-27(39-35(47)30(21(3)4)40-31(43)23(6)37-34(46)28-17-22(5)49-41-28)33(45)38-26(18-25-14-15-36-32(25)44)12-13-29(42)48-19-24-10-8-7-9-11-24/h7-13,17,20-21,23,25-27,30H,14-16,18-19H2,1-6H3,(H,36,44)(H,37,46)(H,38,45)(H,39,47)(H,40,43)/b13-12+/t23-,25-,26+,27-,30?/m0/s1. The lowest BCUT2D eigenvalue weighted by Crippen LogP contribution is -2.58. The molecule has 1 aromatic carbocycles. The van der Waals surface area contributed by atoms with Crippen LogP contribution in [-0.2, 0) is 35.3 Å². The van der Waals surface area contributed by atoms with Gasteiger partial charge < -0.3 is 35.8 Å². The molecule has 5 N–H and O–H groups in total. The molecule has 0 saturated carbocycles. The minimum absolute atomic E-state index is 0.00103. The monoisotopic (exact) mass is 680 g/mol. The van der Waals surface area contributed by atoms with Crippen LogP contribution >= 0.6 is 0 Å². The van der Waals surface area contributed by atoms with Gasteiger partial charge in [-0.2, -0.15) is 0 Å². The maximum absolute atomic E-state index is 13.7. The maximum atomic E-state index is 13.7. The van der Waals surface area contributed by atoms with Crippen LogP contribution in [0.15, 0.2) is 53.1 Å². The fraction of sp³-hybridized carbons (Fsp3) is 0.514. The molecule has 1 aliphatic rings. The number of ether oxygens (including phenoxy) is 1. The lowest BCUT2D eigenvalue weighted by atomic mass is 9.96. The van der Waals surface area contributed by atoms with Gasteiger partial charge in [-0.25, -0.2) is 4.79 Å². The highest BCUT2D eigenvalue weighted by Gasteiger charge is 2.33. The molecular formula is C35H48N6O8. The number of aryl methyl sites for hydroxylation is 1. The first-order valence-corrected chi connectivity index (χ1v) is 16.5. The van der Waals surface area contributed by atoms with Crippen LogP contribution < -0.4 is 26.6 Å². The number of aromatic nitrogens is 1. The van der Waals surface area contributed by atoms with E-state index in [-0.39, 0.29) is 48.8 Å². The Balaban J connectivity index is 1.68. The topological polar surface area (TPSA) is 198 Å². The van der Waals surface area contributed by atoms with Crippen LogP contribution in [0.3, 0.4) is 0 Å². The van der Waals surface area contributed by atoms with Gasteiger partial charge in [0.15, 0.2) is 5.69 Å². The third kappa shape index (κ3) is 12.5. The summed E-state index contributed by atoms with van der Waals surface area (Å²) < 4.78 is 10.2. The Morgan fingerprint density at radius 1 is 0.980 bits per heavy atom. The van der Waals surface area contributed by atoms with Crippen molar-refractivity contribution in [3.8, 4) is 0 Å². The van der Waals surface area contributed by atoms with E-state index in [0.717, 1.165) is 5.56 Å². The first-order valence-electron chi connectivity index (χ1n) is 16.5. The molecule has 14 heteroatoms. The molecular weight excluding hydrogens is 632 g/mol. The second-order valence-electron chi connectivity index (χ2n) is 13.0. The van der Waals surface area contributed by atoms with E-state index < -0.39 is 53.8 Å². The van der Waals surface area contributed by atoms with Crippen LogP contribution in [0.4, 0.5) is 0 Å². The second-order valence-corrected chi connectivity index (χ2v) is 13.0. The number of nitrogens with one attached hydrogen (secondary N) is 5. The molecule has 49 heavy (non-hydrogen) atoms. The number of nitrogens with zero attached hydrogens (tertiary/aromatic N) is 1. The maximum Gasteiger partial charge on any atom is 0.330 e. The van der Waals surface area contributed by atoms with Crippen molar-refractivity contribution < 1.29 is 38.0 Å². The summed E-state index contributed by atoms with van der Waals surface area (Å²) in [6.07, 6.45) is 3.82. The number of carbonyl (C=O) groups is 6. The predicted octanol–water partition coefficient (Wildman–Crippen LogP) is 2.08. The van der Waals surface area contributed by atoms with E-state index in [2.05, 4.69) is 31.7 Å². The summed E-state index contributed by atoms with van der Waals surface area (Å²) in [7, 11) is 0. The van der Waals surface area contributed by atoms with Crippen molar-refractivity contribution in [2.75, 3.05) is 6.54 Å². The van der Waals surface area contributed by atoms with E-state index in [9.17, 15) is 28.8 Å². The van der Waals surface area contributed by atoms with E-state index in [0.29, 0.717) is 18.7 Å². The second kappa shape index (κ2) is 18.5. The Labute approximate surface area is 286 Å². The zero-order valence-corrected chi connectivity index (χ0v) is 28.9. The highest BCUT2D eigenvalue weighted by atomic mass is 16.5. The van der Waals surface area contributed by atoms with Gasteiger partial charge in [-0.15, -0.1) is 0 Å². The molecule has 1 saturated heterocycles. The van der Waals surface area contributed by atoms with Gasteiger partial charge in [-0.05, 0) is 50.5 Å². The Morgan fingerprint density at radius 2 is 1.69 bits per heavy atom. The van der Waals surface area contributed by atoms with Crippen molar-refractivity contribution in [3.05, 3.63) is 65.6 Å². The van der Waals surface area contributed by atoms with Crippen molar-refractivity contribution in [1.29, 1.82) is 0 Å². The molecule has 266 valence electrons. The number of rotatable bonds is 17. The average molecular weight is 681 g/mol. The molecule has 5 amide bonds. The van der Waals surface area contributed by atoms with Crippen LogP contribution in [0, 0.1) is 24.7 Å². The summed E-state index contributed by atoms with van der Waals surface area (Å²) in [5, 5.41) is 17.3. The predicted molar refractivity (Wildman–Crippen MR) is 179 cm³/mol. The molecule has 5 atom stereocenters. The summed E-state index contributed by atoms with van der Waals surface area (Å²) >= 11 is 0. The quantitative estimate of drug-likeness (QED) is 0.123. The van der Waals surface area contributed by atoms with Crippen LogP contribution in [0.25, 0.3) is 0 Å². The highest BCUT2D eigenvalue weighted by Crippen LogP contribution is 2.18. The molecule has 1 fully saturated rings. The molecule has 0 aliphatic carbocycles. The summed E-state index contributed by atoms with van der Waals surface area (Å²) in [6.45, 7) is 11.0. The van der Waals surface area contributed by atoms with Gasteiger partial charge >= 0.3 is 5.97 Å². The average Bonchev–Trinajstić information content (AvgIpc) is 3.68. The SMILES string of the molecule is Cc1cc(C(=O)N[C@@H](C)C(=O)NC(C(=O)N[C@@H](CC(C)C)C(=O)N[C@H](/C=C/C(=O)OCc2ccccc2)C[C@@H]2CCNC2=O)C(C)C)no1. The van der Waals surface area contributed by atoms with Gasteiger partial charge in [0.1, 0.15) is 30.5 Å². The van der Waals surface area contributed by atoms with Gasteiger partial charge in [-0.3, -0.25) is 24.0 Å². The van der Waals surface area contributed by atoms with Crippen LogP contribution in [0.5, 0.6) is 0 Å². The summed E-state index contributed by atoms with van der Waals surface area (Å²) in [4.78, 5) is 77.6. The van der Waals surface area contributed by atoms with Gasteiger partial charge in [0, 0.05) is 30.6 Å². The van der Waals surface area contributed by atoms with Crippen molar-refractivity contribution in [2.24, 2.45) is 17.8 Å². The molecule has 0 spiro atoms. The number of esters is 1. The molecule has 1 unspecified atom stereocenters. The Bertz CT molecular complexity index is 1490. The molecule has 3 rings (SSSR count). The van der Waals surface area contributed by atoms with E-state index in [4.69, 9.17) is 9.26 Å². The number of carbonyl (C=O) groups excluding carboxylic acids is 6. The first-order chi connectivity index (χ1) is 23.2. The fourth-order valence-corrected chi connectivity index (χ4v) is 5.20. The Kier molecular flexibility index (Phi) is 14.5. The van der Waals surface area contributed by atoms with Gasteiger partial charge in [0.2, 0.25) is 23.6 Å². The number of benzene rings is 1. The van der Waals surface area contributed by atoms with E-state index >= 15 is 0 Å². The van der Waals surface area contributed by atoms with Gasteiger partial charge in [0.25, 0.3) is 5.91 Å². The largest absolute Gasteiger partial charge is 0.458 e. The normalized spacial score (nSPS) is 16.8. The molecule has 1 aliphatic heterocycles. The summed E-state index contributed by atoms with van der Waals surface area (Å²) in [6, 6.07) is 6.89.